The molecule has 6 heterocycles. The Hall–Kier alpha value is -11.2. The Morgan fingerprint density at radius 1 is 0.225 bits per heavy atom. The summed E-state index contributed by atoms with van der Waals surface area (Å²) in [5, 5.41) is 64.7. The molecule has 0 unspecified atom stereocenters. The number of aromatic amines is 2. The van der Waals surface area contributed by atoms with E-state index < -0.39 is 35.8 Å². The summed E-state index contributed by atoms with van der Waals surface area (Å²) >= 11 is 0. The topological polar surface area (TPSA) is 350 Å². The van der Waals surface area contributed by atoms with E-state index in [0.29, 0.717) is 0 Å². The fourth-order valence-corrected chi connectivity index (χ4v) is 9.60. The van der Waals surface area contributed by atoms with Gasteiger partial charge < -0.3 is 69.4 Å². The van der Waals surface area contributed by atoms with Crippen LogP contribution in [0, 0.1) is 98.8 Å². The van der Waals surface area contributed by atoms with Gasteiger partial charge in [-0.15, -0.1) is 0 Å². The van der Waals surface area contributed by atoms with Gasteiger partial charge in [0, 0.05) is 57.5 Å². The number of carboxylic acid groups (broad SMARTS) is 6. The number of hydrogen-bond acceptors (Lipinski definition) is 18. The monoisotopic (exact) mass is 1620 g/mol. The van der Waals surface area contributed by atoms with E-state index in [-0.39, 0.29) is 132 Å². The van der Waals surface area contributed by atoms with Gasteiger partial charge in [-0.3, -0.25) is 19.9 Å². The molecule has 0 aliphatic heterocycles. The van der Waals surface area contributed by atoms with Crippen molar-refractivity contribution >= 4 is 101 Å². The van der Waals surface area contributed by atoms with E-state index in [1.165, 1.54) is 72.8 Å². The van der Waals surface area contributed by atoms with Crippen LogP contribution in [0.3, 0.4) is 0 Å². The maximum Gasteiger partial charge on any atom is 3.00 e. The van der Waals surface area contributed by atoms with E-state index in [2.05, 4.69) is 78.4 Å². The smallest absolute Gasteiger partial charge is 0.545 e. The van der Waals surface area contributed by atoms with Gasteiger partial charge in [-0.1, -0.05) is 243 Å². The van der Waals surface area contributed by atoms with Crippen LogP contribution in [-0.4, -0.2) is 75.7 Å². The molecule has 0 amide bonds. The molecule has 16 rings (SSSR count). The quantitative estimate of drug-likeness (QED) is 0.134. The van der Waals surface area contributed by atoms with Gasteiger partial charge in [0.25, 0.3) is 0 Å². The number of benzene rings is 10. The van der Waals surface area contributed by atoms with Crippen LogP contribution in [0.25, 0.3) is 88.5 Å². The summed E-state index contributed by atoms with van der Waals surface area (Å²) in [6, 6.07) is 84.7. The van der Waals surface area contributed by atoms with Crippen LogP contribution in [0.5, 0.6) is 0 Å². The van der Waals surface area contributed by atoms with Crippen LogP contribution in [0.15, 0.2) is 316 Å². The van der Waals surface area contributed by atoms with Crippen molar-refractivity contribution in [3.8, 4) is 22.8 Å². The molecule has 0 saturated carbocycles. The summed E-state index contributed by atoms with van der Waals surface area (Å²) in [5.41, 5.74) is 10.9. The third-order valence-corrected chi connectivity index (χ3v) is 14.3. The Morgan fingerprint density at radius 3 is 0.608 bits per heavy atom. The molecule has 6 aromatic heterocycles. The maximum absolute atomic E-state index is 10.1. The first-order valence-electron chi connectivity index (χ1n) is 30.4. The Labute approximate surface area is 664 Å². The zero-order valence-electron chi connectivity index (χ0n) is 53.4. The van der Waals surface area contributed by atoms with Crippen molar-refractivity contribution in [3.63, 3.8) is 0 Å². The molecule has 0 aliphatic carbocycles. The summed E-state index contributed by atoms with van der Waals surface area (Å²) in [6.45, 7) is 0. The summed E-state index contributed by atoms with van der Waals surface area (Å²) in [6.07, 6.45) is 7.20. The third kappa shape index (κ3) is 21.9. The summed E-state index contributed by atoms with van der Waals surface area (Å²) in [7, 11) is 0. The molecule has 0 aliphatic rings. The second-order valence-corrected chi connectivity index (χ2v) is 20.9. The minimum atomic E-state index is -1.13. The number of imidazole rings is 2. The normalized spacial score (nSPS) is 9.88. The van der Waals surface area contributed by atoms with E-state index in [1.54, 1.807) is 134 Å². The van der Waals surface area contributed by atoms with Crippen molar-refractivity contribution in [1.82, 2.24) is 39.9 Å². The van der Waals surface area contributed by atoms with E-state index in [9.17, 15) is 59.4 Å². The first-order chi connectivity index (χ1) is 48.7. The van der Waals surface area contributed by atoms with E-state index in [0.717, 1.165) is 88.5 Å². The molecule has 10 aromatic carbocycles. The molecule has 0 bridgehead atoms. The molecule has 20 nitrogen and oxygen atoms in total. The maximum atomic E-state index is 10.1. The van der Waals surface area contributed by atoms with Crippen molar-refractivity contribution in [3.05, 3.63) is 349 Å². The second-order valence-electron chi connectivity index (χ2n) is 20.9. The number of fused-ring (bicyclic) bond motifs is 12. The molecular formula is C80H54Eu2N8O12. The zero-order valence-corrected chi connectivity index (χ0v) is 58.2. The number of H-pyrrole nitrogens is 2. The van der Waals surface area contributed by atoms with E-state index >= 15 is 0 Å². The van der Waals surface area contributed by atoms with Gasteiger partial charge >= 0.3 is 98.8 Å². The number of nitrogens with one attached hydrogen (secondary N) is 2. The fraction of sp³-hybridized carbons (Fsp3) is 0. The minimum absolute atomic E-state index is 0. The van der Waals surface area contributed by atoms with Gasteiger partial charge in [-0.25, -0.2) is 9.97 Å². The van der Waals surface area contributed by atoms with Crippen LogP contribution in [0.4, 0.5) is 0 Å². The van der Waals surface area contributed by atoms with Crippen molar-refractivity contribution in [2.45, 2.75) is 0 Å². The Kier molecular flexibility index (Phi) is 30.7. The molecule has 102 heavy (non-hydrogen) atoms. The van der Waals surface area contributed by atoms with Crippen molar-refractivity contribution < 1.29 is 158 Å². The molecule has 500 valence electrons. The number of rotatable bonds is 8. The predicted molar refractivity (Wildman–Crippen MR) is 369 cm³/mol. The molecule has 16 aromatic rings. The van der Waals surface area contributed by atoms with Crippen LogP contribution >= 0.6 is 0 Å². The minimum Gasteiger partial charge on any atom is -0.545 e. The number of carboxylic acids is 6. The SMILES string of the molecule is O=C([O-])c1ccccc1.O=C([O-])c1ccccc1.O=C([O-])c1ccccc1.O=C([O-])c1ccccc1.O=C([O-])c1ccccc1.O=C([O-])c1ccccc1.[Eu+3].[Eu+3].c1ccc(-c2nc3c4cccnc4c4ncccc4c3[nH]2)cc1.c1ccc(-c2nc3c4cccnc4c4ncccc4c3[nH]2)cc1. The molecule has 0 fully saturated rings. The number of carbonyl (C=O) groups excluding carboxylic acids is 6. The van der Waals surface area contributed by atoms with Crippen LogP contribution in [0.1, 0.15) is 62.1 Å². The van der Waals surface area contributed by atoms with Gasteiger partial charge in [-0.2, -0.15) is 0 Å². The predicted octanol–water partition coefficient (Wildman–Crippen LogP) is 8.95. The van der Waals surface area contributed by atoms with E-state index in [4.69, 9.17) is 9.97 Å². The molecule has 0 spiro atoms. The number of hydrogen-bond donors (Lipinski definition) is 2. The van der Waals surface area contributed by atoms with Gasteiger partial charge in [-0.05, 0) is 81.9 Å². The first-order valence-corrected chi connectivity index (χ1v) is 30.4. The van der Waals surface area contributed by atoms with Crippen molar-refractivity contribution in [2.75, 3.05) is 0 Å². The number of pyridine rings is 4. The second kappa shape index (κ2) is 40.1. The van der Waals surface area contributed by atoms with Crippen molar-refractivity contribution in [2.24, 2.45) is 0 Å². The van der Waals surface area contributed by atoms with Crippen molar-refractivity contribution in [1.29, 1.82) is 0 Å². The first kappa shape index (κ1) is 78.1. The average molecular weight is 1620 g/mol. The van der Waals surface area contributed by atoms with Gasteiger partial charge in [0.05, 0.1) is 79.9 Å². The Morgan fingerprint density at radius 2 is 0.412 bits per heavy atom. The van der Waals surface area contributed by atoms with E-state index in [1.807, 2.05) is 60.7 Å². The molecule has 2 N–H and O–H groups in total. The number of aromatic nitrogens is 8. The van der Waals surface area contributed by atoms with Gasteiger partial charge in [0.15, 0.2) is 0 Å². The number of carbonyl (C=O) groups is 6. The molecule has 22 heteroatoms. The Bertz CT molecular complexity index is 4670. The number of nitrogens with zero attached hydrogens (tertiary/aromatic N) is 6. The standard InChI is InChI=1S/2C19H12N4.6C7H6O2.2Eu/c2*1-2-6-12(7-3-1)19-22-17-13-8-4-10-20-15(13)16-14(18(17)23-19)9-5-11-21-16;6*8-7(9)6-4-2-1-3-5-6;;/h2*1-11H,(H,22,23);6*1-5H,(H,8,9);;/q;;;;;;;;2*+3/p-6. The summed E-state index contributed by atoms with van der Waals surface area (Å²) in [4.78, 5) is 95.3. The zero-order chi connectivity index (χ0) is 70.6. The van der Waals surface area contributed by atoms with Gasteiger partial charge in [0.2, 0.25) is 0 Å². The summed E-state index contributed by atoms with van der Waals surface area (Å²) < 4.78 is 0. The molecule has 0 atom stereocenters. The summed E-state index contributed by atoms with van der Waals surface area (Å²) in [5.74, 6) is -5.05. The molecular weight excluding hydrogens is 1570 g/mol. The van der Waals surface area contributed by atoms with Gasteiger partial charge in [0.1, 0.15) is 11.6 Å². The van der Waals surface area contributed by atoms with Crippen LogP contribution in [-0.2, 0) is 0 Å². The fourth-order valence-electron chi connectivity index (χ4n) is 9.60. The average Bonchev–Trinajstić information content (AvgIpc) is 1.51. The molecule has 0 saturated heterocycles. The van der Waals surface area contributed by atoms with Crippen LogP contribution in [0.2, 0.25) is 0 Å². The largest absolute Gasteiger partial charge is 3.00 e. The Balaban J connectivity index is 0.000000171. The third-order valence-electron chi connectivity index (χ3n) is 14.3. The molecule has 0 radical (unpaired) electrons. The number of aromatic carboxylic acids is 6. The van der Waals surface area contributed by atoms with Crippen LogP contribution < -0.4 is 30.6 Å².